The first kappa shape index (κ1) is 10.7. The van der Waals surface area contributed by atoms with Gasteiger partial charge in [-0.05, 0) is 46.5 Å². The average Bonchev–Trinajstić information content (AvgIpc) is 1.88. The third-order valence-corrected chi connectivity index (χ3v) is 1.16. The second-order valence-electron chi connectivity index (χ2n) is 3.93. The highest BCUT2D eigenvalue weighted by atomic mass is 16.3. The molecule has 0 aromatic rings. The van der Waals surface area contributed by atoms with Crippen LogP contribution in [0.25, 0.3) is 0 Å². The van der Waals surface area contributed by atoms with E-state index in [-0.39, 0.29) is 0 Å². The van der Waals surface area contributed by atoms with Gasteiger partial charge in [-0.2, -0.15) is 0 Å². The van der Waals surface area contributed by atoms with E-state index in [2.05, 4.69) is 12.2 Å². The molecule has 1 nitrogen and oxygen atoms in total. The van der Waals surface area contributed by atoms with Crippen molar-refractivity contribution >= 4 is 0 Å². The Morgan fingerprint density at radius 2 is 1.27 bits per heavy atom. The largest absolute Gasteiger partial charge is 0.391 e. The Morgan fingerprint density at radius 1 is 1.00 bits per heavy atom. The van der Waals surface area contributed by atoms with Crippen LogP contribution in [-0.4, -0.2) is 10.7 Å². The van der Waals surface area contributed by atoms with Crippen molar-refractivity contribution in [2.45, 2.75) is 52.1 Å². The van der Waals surface area contributed by atoms with Crippen molar-refractivity contribution < 1.29 is 5.11 Å². The summed E-state index contributed by atoms with van der Waals surface area (Å²) in [6.07, 6.45) is 10.0. The van der Waals surface area contributed by atoms with Crippen molar-refractivity contribution in [2.24, 2.45) is 0 Å². The SMILES string of the molecule is C1=CCCCC1.CC(C)(C)O. The molecule has 0 heterocycles. The Bertz CT molecular complexity index is 94.5. The van der Waals surface area contributed by atoms with Crippen LogP contribution in [0.5, 0.6) is 0 Å². The minimum atomic E-state index is -0.500. The molecule has 1 aliphatic rings. The molecule has 0 radical (unpaired) electrons. The Kier molecular flexibility index (Phi) is 5.22. The van der Waals surface area contributed by atoms with Crippen molar-refractivity contribution in [1.29, 1.82) is 0 Å². The van der Waals surface area contributed by atoms with Gasteiger partial charge >= 0.3 is 0 Å². The highest BCUT2D eigenvalue weighted by molar-refractivity contribution is 4.85. The van der Waals surface area contributed by atoms with Crippen LogP contribution in [0.2, 0.25) is 0 Å². The van der Waals surface area contributed by atoms with E-state index in [0.29, 0.717) is 0 Å². The van der Waals surface area contributed by atoms with Gasteiger partial charge in [0.25, 0.3) is 0 Å². The predicted octanol–water partition coefficient (Wildman–Crippen LogP) is 2.89. The van der Waals surface area contributed by atoms with Crippen molar-refractivity contribution in [3.8, 4) is 0 Å². The third-order valence-electron chi connectivity index (χ3n) is 1.16. The molecule has 0 atom stereocenters. The van der Waals surface area contributed by atoms with E-state index in [1.54, 1.807) is 20.8 Å². The number of hydrogen-bond donors (Lipinski definition) is 1. The Labute approximate surface area is 70.1 Å². The molecule has 11 heavy (non-hydrogen) atoms. The minimum Gasteiger partial charge on any atom is -0.391 e. The first-order chi connectivity index (χ1) is 5.00. The van der Waals surface area contributed by atoms with Gasteiger partial charge in [-0.15, -0.1) is 0 Å². The molecule has 0 amide bonds. The van der Waals surface area contributed by atoms with Crippen LogP contribution in [0.15, 0.2) is 12.2 Å². The second kappa shape index (κ2) is 5.36. The monoisotopic (exact) mass is 156 g/mol. The Balaban J connectivity index is 0.000000187. The second-order valence-corrected chi connectivity index (χ2v) is 3.93. The van der Waals surface area contributed by atoms with Gasteiger partial charge in [-0.1, -0.05) is 12.2 Å². The van der Waals surface area contributed by atoms with Crippen LogP contribution in [0, 0.1) is 0 Å². The maximum Gasteiger partial charge on any atom is 0.0563 e. The van der Waals surface area contributed by atoms with Gasteiger partial charge in [0.1, 0.15) is 0 Å². The molecule has 0 spiro atoms. The van der Waals surface area contributed by atoms with Crippen molar-refractivity contribution in [3.05, 3.63) is 12.2 Å². The number of hydrogen-bond acceptors (Lipinski definition) is 1. The van der Waals surface area contributed by atoms with E-state index in [0.717, 1.165) is 0 Å². The van der Waals surface area contributed by atoms with E-state index in [4.69, 9.17) is 5.11 Å². The normalized spacial score (nSPS) is 17.1. The number of allylic oxidation sites excluding steroid dienone is 2. The maximum absolute atomic E-state index is 8.52. The highest BCUT2D eigenvalue weighted by Gasteiger charge is 1.97. The molecular formula is C10H20O. The van der Waals surface area contributed by atoms with E-state index < -0.39 is 5.60 Å². The average molecular weight is 156 g/mol. The van der Waals surface area contributed by atoms with Crippen LogP contribution >= 0.6 is 0 Å². The zero-order valence-electron chi connectivity index (χ0n) is 7.93. The lowest BCUT2D eigenvalue weighted by Gasteiger charge is -2.04. The van der Waals surface area contributed by atoms with Gasteiger partial charge in [-0.25, -0.2) is 0 Å². The summed E-state index contributed by atoms with van der Waals surface area (Å²) in [6.45, 7) is 5.23. The molecule has 0 bridgehead atoms. The summed E-state index contributed by atoms with van der Waals surface area (Å²) < 4.78 is 0. The summed E-state index contributed by atoms with van der Waals surface area (Å²) in [5, 5.41) is 8.52. The van der Waals surface area contributed by atoms with Crippen LogP contribution < -0.4 is 0 Å². The molecule has 0 fully saturated rings. The zero-order chi connectivity index (χ0) is 8.74. The van der Waals surface area contributed by atoms with Crippen molar-refractivity contribution in [3.63, 3.8) is 0 Å². The molecule has 0 saturated carbocycles. The molecule has 1 rings (SSSR count). The summed E-state index contributed by atoms with van der Waals surface area (Å²) in [5.41, 5.74) is -0.500. The molecule has 1 aliphatic carbocycles. The third kappa shape index (κ3) is 17.7. The zero-order valence-corrected chi connectivity index (χ0v) is 7.93. The van der Waals surface area contributed by atoms with Gasteiger partial charge in [0, 0.05) is 0 Å². The summed E-state index contributed by atoms with van der Waals surface area (Å²) in [5.74, 6) is 0. The molecule has 0 unspecified atom stereocenters. The molecule has 0 aromatic heterocycles. The van der Waals surface area contributed by atoms with Gasteiger partial charge in [0.2, 0.25) is 0 Å². The smallest absolute Gasteiger partial charge is 0.0563 e. The number of aliphatic hydroxyl groups is 1. The van der Waals surface area contributed by atoms with Crippen molar-refractivity contribution in [2.75, 3.05) is 0 Å². The van der Waals surface area contributed by atoms with Gasteiger partial charge < -0.3 is 5.11 Å². The van der Waals surface area contributed by atoms with Crippen LogP contribution in [0.1, 0.15) is 46.5 Å². The van der Waals surface area contributed by atoms with Crippen LogP contribution in [0.3, 0.4) is 0 Å². The minimum absolute atomic E-state index is 0.500. The van der Waals surface area contributed by atoms with Gasteiger partial charge in [0.05, 0.1) is 5.60 Å². The lowest BCUT2D eigenvalue weighted by molar-refractivity contribution is 0.102. The lowest BCUT2D eigenvalue weighted by Crippen LogP contribution is -2.10. The molecule has 0 aliphatic heterocycles. The van der Waals surface area contributed by atoms with E-state index in [1.807, 2.05) is 0 Å². The molecule has 0 aromatic carbocycles. The van der Waals surface area contributed by atoms with Crippen molar-refractivity contribution in [1.82, 2.24) is 0 Å². The summed E-state index contributed by atoms with van der Waals surface area (Å²) in [6, 6.07) is 0. The van der Waals surface area contributed by atoms with Crippen LogP contribution in [-0.2, 0) is 0 Å². The summed E-state index contributed by atoms with van der Waals surface area (Å²) >= 11 is 0. The molecule has 0 saturated heterocycles. The molecule has 1 heteroatoms. The molecule has 1 N–H and O–H groups in total. The standard InChI is InChI=1S/C6H10.C4H10O/c1-2-4-6-5-3-1;1-4(2,3)5/h1-2H,3-6H2;5H,1-3H3. The number of rotatable bonds is 0. The highest BCUT2D eigenvalue weighted by Crippen LogP contribution is 2.07. The molecule has 66 valence electrons. The first-order valence-electron chi connectivity index (χ1n) is 4.37. The van der Waals surface area contributed by atoms with E-state index in [9.17, 15) is 0 Å². The van der Waals surface area contributed by atoms with E-state index in [1.165, 1.54) is 25.7 Å². The topological polar surface area (TPSA) is 20.2 Å². The quantitative estimate of drug-likeness (QED) is 0.535. The fraction of sp³-hybridized carbons (Fsp3) is 0.800. The summed E-state index contributed by atoms with van der Waals surface area (Å²) in [4.78, 5) is 0. The first-order valence-corrected chi connectivity index (χ1v) is 4.37. The van der Waals surface area contributed by atoms with Crippen LogP contribution in [0.4, 0.5) is 0 Å². The van der Waals surface area contributed by atoms with E-state index >= 15 is 0 Å². The molecular weight excluding hydrogens is 136 g/mol. The van der Waals surface area contributed by atoms with Gasteiger partial charge in [0.15, 0.2) is 0 Å². The predicted molar refractivity (Wildman–Crippen MR) is 49.6 cm³/mol. The fourth-order valence-corrected chi connectivity index (χ4v) is 0.760. The fourth-order valence-electron chi connectivity index (χ4n) is 0.760. The maximum atomic E-state index is 8.52. The van der Waals surface area contributed by atoms with Gasteiger partial charge in [-0.3, -0.25) is 0 Å². The Hall–Kier alpha value is -0.300. The summed E-state index contributed by atoms with van der Waals surface area (Å²) in [7, 11) is 0. The Morgan fingerprint density at radius 3 is 1.36 bits per heavy atom. The lowest BCUT2D eigenvalue weighted by atomic mass is 10.1.